The van der Waals surface area contributed by atoms with E-state index in [1.54, 1.807) is 74.8 Å². The molecule has 7 nitrogen and oxygen atoms in total. The van der Waals surface area contributed by atoms with Crippen molar-refractivity contribution in [2.75, 3.05) is 14.2 Å². The van der Waals surface area contributed by atoms with Gasteiger partial charge >= 0.3 is 5.69 Å². The summed E-state index contributed by atoms with van der Waals surface area (Å²) in [6.45, 7) is 0. The molecule has 160 valence electrons. The topological polar surface area (TPSA) is 84.8 Å². The number of aromatic nitrogens is 2. The van der Waals surface area contributed by atoms with Crippen molar-refractivity contribution in [3.05, 3.63) is 75.5 Å². The number of hydrogen-bond acceptors (Lipinski definition) is 5. The van der Waals surface area contributed by atoms with Crippen LogP contribution in [0.1, 0.15) is 22.5 Å². The van der Waals surface area contributed by atoms with Crippen molar-refractivity contribution in [2.45, 2.75) is 0 Å². The van der Waals surface area contributed by atoms with Gasteiger partial charge in [-0.05, 0) is 36.4 Å². The largest absolute Gasteiger partial charge is 0.504 e. The van der Waals surface area contributed by atoms with Crippen molar-refractivity contribution >= 4 is 24.3 Å². The lowest BCUT2D eigenvalue weighted by atomic mass is 10.1. The highest BCUT2D eigenvalue weighted by Gasteiger charge is 2.14. The van der Waals surface area contributed by atoms with Crippen LogP contribution in [0, 0.1) is 0 Å². The molecule has 0 aliphatic carbocycles. The predicted molar refractivity (Wildman–Crippen MR) is 120 cm³/mol. The van der Waals surface area contributed by atoms with Crippen molar-refractivity contribution in [3.8, 4) is 23.0 Å². The highest BCUT2D eigenvalue weighted by Crippen LogP contribution is 2.31. The van der Waals surface area contributed by atoms with E-state index in [9.17, 15) is 15.0 Å². The SMILES string of the molecule is COc1cccc(/C=C/c2cc(/C=C/c3cccc(OC)c3O)[n+](C)c(=O)n2C)c1O. The lowest BCUT2D eigenvalue weighted by Gasteiger charge is -2.06. The van der Waals surface area contributed by atoms with E-state index < -0.39 is 0 Å². The number of hydrogen-bond donors (Lipinski definition) is 2. The normalized spacial score (nSPS) is 11.4. The standard InChI is InChI=1S/C24H24N2O5/c1-25-18(13-11-16-7-5-9-20(30-3)22(16)27)15-19(26(2)24(25)29)14-12-17-8-6-10-21(31-4)23(17)28/h5-15H,1-4H3,(H,27,28)/p+1. The van der Waals surface area contributed by atoms with Crippen LogP contribution in [0.3, 0.4) is 0 Å². The summed E-state index contributed by atoms with van der Waals surface area (Å²) in [6.07, 6.45) is 6.93. The molecule has 2 aromatic carbocycles. The lowest BCUT2D eigenvalue weighted by Crippen LogP contribution is -2.53. The van der Waals surface area contributed by atoms with Gasteiger partial charge in [-0.3, -0.25) is 0 Å². The minimum Gasteiger partial charge on any atom is -0.504 e. The third-order valence-corrected chi connectivity index (χ3v) is 5.01. The Kier molecular flexibility index (Phi) is 6.45. The maximum Gasteiger partial charge on any atom is 0.498 e. The molecule has 7 heteroatoms. The van der Waals surface area contributed by atoms with Crippen LogP contribution in [0.25, 0.3) is 24.3 Å². The summed E-state index contributed by atoms with van der Waals surface area (Å²) in [5.74, 6) is 0.803. The van der Waals surface area contributed by atoms with Gasteiger partial charge in [-0.25, -0.2) is 0 Å². The highest BCUT2D eigenvalue weighted by molar-refractivity contribution is 5.75. The Hall–Kier alpha value is -4.00. The van der Waals surface area contributed by atoms with Crippen LogP contribution in [0.5, 0.6) is 23.0 Å². The molecule has 3 aromatic rings. The van der Waals surface area contributed by atoms with Crippen molar-refractivity contribution in [3.63, 3.8) is 0 Å². The minimum absolute atomic E-state index is 0.0290. The summed E-state index contributed by atoms with van der Waals surface area (Å²) >= 11 is 0. The van der Waals surface area contributed by atoms with Gasteiger partial charge in [0.1, 0.15) is 11.4 Å². The number of phenolic OH excluding ortho intramolecular Hbond substituents is 2. The molecule has 0 aliphatic rings. The van der Waals surface area contributed by atoms with Gasteiger partial charge in [0.2, 0.25) is 0 Å². The first-order valence-corrected chi connectivity index (χ1v) is 9.55. The van der Waals surface area contributed by atoms with Gasteiger partial charge in [0.15, 0.2) is 23.0 Å². The molecule has 1 aromatic heterocycles. The van der Waals surface area contributed by atoms with E-state index in [1.807, 2.05) is 6.07 Å². The number of para-hydroxylation sites is 2. The summed E-state index contributed by atoms with van der Waals surface area (Å²) in [4.78, 5) is 12.7. The quantitative estimate of drug-likeness (QED) is 0.598. The fourth-order valence-corrected chi connectivity index (χ4v) is 3.14. The molecule has 1 heterocycles. The van der Waals surface area contributed by atoms with Crippen LogP contribution in [0.15, 0.2) is 47.3 Å². The average molecular weight is 421 g/mol. The third kappa shape index (κ3) is 4.45. The zero-order valence-electron chi connectivity index (χ0n) is 17.9. The Morgan fingerprint density at radius 3 is 1.90 bits per heavy atom. The predicted octanol–water partition coefficient (Wildman–Crippen LogP) is 2.98. The van der Waals surface area contributed by atoms with Gasteiger partial charge in [-0.1, -0.05) is 24.3 Å². The minimum atomic E-state index is -0.216. The molecule has 0 spiro atoms. The lowest BCUT2D eigenvalue weighted by molar-refractivity contribution is -0.692. The highest BCUT2D eigenvalue weighted by atomic mass is 16.5. The zero-order chi connectivity index (χ0) is 22.5. The number of methoxy groups -OCH3 is 2. The molecular formula is C24H25N2O5+. The van der Waals surface area contributed by atoms with Gasteiger partial charge < -0.3 is 19.7 Å². The summed E-state index contributed by atoms with van der Waals surface area (Å²) in [5, 5.41) is 20.5. The summed E-state index contributed by atoms with van der Waals surface area (Å²) in [7, 11) is 6.33. The second-order valence-corrected chi connectivity index (χ2v) is 6.86. The number of benzene rings is 2. The van der Waals surface area contributed by atoms with Gasteiger partial charge in [0, 0.05) is 17.2 Å². The van der Waals surface area contributed by atoms with Gasteiger partial charge in [0.25, 0.3) is 0 Å². The summed E-state index contributed by atoms with van der Waals surface area (Å²) < 4.78 is 13.3. The van der Waals surface area contributed by atoms with Crippen molar-refractivity contribution in [1.82, 2.24) is 4.57 Å². The van der Waals surface area contributed by atoms with Gasteiger partial charge in [0.05, 0.1) is 28.3 Å². The van der Waals surface area contributed by atoms with E-state index in [2.05, 4.69) is 0 Å². The molecular weight excluding hydrogens is 396 g/mol. The molecule has 0 amide bonds. The molecule has 3 rings (SSSR count). The second-order valence-electron chi connectivity index (χ2n) is 6.86. The monoisotopic (exact) mass is 421 g/mol. The molecule has 0 bridgehead atoms. The first-order valence-electron chi connectivity index (χ1n) is 9.55. The number of phenols is 2. The second kappa shape index (κ2) is 9.21. The van der Waals surface area contributed by atoms with E-state index in [0.717, 1.165) is 0 Å². The molecule has 0 saturated carbocycles. The van der Waals surface area contributed by atoms with Crippen LogP contribution < -0.4 is 19.7 Å². The number of nitrogens with zero attached hydrogens (tertiary/aromatic N) is 2. The fraction of sp³-hybridized carbons (Fsp3) is 0.167. The van der Waals surface area contributed by atoms with Crippen LogP contribution in [-0.4, -0.2) is 29.0 Å². The average Bonchev–Trinajstić information content (AvgIpc) is 2.78. The van der Waals surface area contributed by atoms with Crippen molar-refractivity contribution < 1.29 is 24.3 Å². The molecule has 0 unspecified atom stereocenters. The first kappa shape index (κ1) is 21.7. The molecule has 0 atom stereocenters. The van der Waals surface area contributed by atoms with Crippen LogP contribution in [0.2, 0.25) is 0 Å². The fourth-order valence-electron chi connectivity index (χ4n) is 3.14. The van der Waals surface area contributed by atoms with E-state index in [1.165, 1.54) is 23.4 Å². The molecule has 0 saturated heterocycles. The zero-order valence-corrected chi connectivity index (χ0v) is 17.9. The smallest absolute Gasteiger partial charge is 0.498 e. The Morgan fingerprint density at radius 2 is 1.39 bits per heavy atom. The molecule has 0 fully saturated rings. The Labute approximate surface area is 180 Å². The molecule has 31 heavy (non-hydrogen) atoms. The Bertz CT molecular complexity index is 1130. The Balaban J connectivity index is 2.01. The van der Waals surface area contributed by atoms with Crippen molar-refractivity contribution in [1.29, 1.82) is 0 Å². The summed E-state index contributed by atoms with van der Waals surface area (Å²) in [5.41, 5.74) is 2.20. The van der Waals surface area contributed by atoms with Crippen LogP contribution in [-0.2, 0) is 14.1 Å². The molecule has 0 radical (unpaired) electrons. The van der Waals surface area contributed by atoms with Gasteiger partial charge in [-0.15, -0.1) is 0 Å². The van der Waals surface area contributed by atoms with Gasteiger partial charge in [-0.2, -0.15) is 13.9 Å². The van der Waals surface area contributed by atoms with E-state index in [0.29, 0.717) is 34.0 Å². The number of rotatable bonds is 6. The molecule has 2 N–H and O–H groups in total. The van der Waals surface area contributed by atoms with Crippen molar-refractivity contribution in [2.24, 2.45) is 14.1 Å². The van der Waals surface area contributed by atoms with E-state index in [-0.39, 0.29) is 17.2 Å². The maximum absolute atomic E-state index is 12.7. The number of aromatic hydroxyl groups is 2. The van der Waals surface area contributed by atoms with E-state index in [4.69, 9.17) is 9.47 Å². The maximum atomic E-state index is 12.7. The van der Waals surface area contributed by atoms with E-state index >= 15 is 0 Å². The first-order chi connectivity index (χ1) is 14.9. The Morgan fingerprint density at radius 1 is 0.871 bits per heavy atom. The molecule has 0 aliphatic heterocycles. The van der Waals surface area contributed by atoms with Crippen LogP contribution >= 0.6 is 0 Å². The van der Waals surface area contributed by atoms with Crippen LogP contribution in [0.4, 0.5) is 0 Å². The number of ether oxygens (including phenoxy) is 2. The summed E-state index contributed by atoms with van der Waals surface area (Å²) in [6, 6.07) is 12.2. The third-order valence-electron chi connectivity index (χ3n) is 5.01.